The molecule has 1 aliphatic rings. The average Bonchev–Trinajstić information content (AvgIpc) is 3.28. The average molecular weight is 442 g/mol. The number of hydrogen-bond acceptors (Lipinski definition) is 5. The zero-order chi connectivity index (χ0) is 22.6. The van der Waals surface area contributed by atoms with Crippen molar-refractivity contribution in [3.63, 3.8) is 0 Å². The van der Waals surface area contributed by atoms with Gasteiger partial charge in [0, 0.05) is 36.3 Å². The number of nitrogens with one attached hydrogen (secondary N) is 2. The van der Waals surface area contributed by atoms with Gasteiger partial charge in [0.1, 0.15) is 11.9 Å². The smallest absolute Gasteiger partial charge is 0.223 e. The van der Waals surface area contributed by atoms with E-state index in [4.69, 9.17) is 4.74 Å². The fraction of sp³-hybridized carbons (Fsp3) is 0.269. The summed E-state index contributed by atoms with van der Waals surface area (Å²) >= 11 is 0. The third kappa shape index (κ3) is 4.73. The number of H-pyrrole nitrogens is 1. The molecule has 1 saturated heterocycles. The van der Waals surface area contributed by atoms with Crippen molar-refractivity contribution in [2.75, 3.05) is 25.0 Å². The summed E-state index contributed by atoms with van der Waals surface area (Å²) in [5.41, 5.74) is 5.04. The third-order valence-electron chi connectivity index (χ3n) is 6.09. The Bertz CT molecular complexity index is 1250. The maximum absolute atomic E-state index is 12.9. The largest absolute Gasteiger partial charge is 0.368 e. The number of ether oxygens (including phenoxy) is 1. The van der Waals surface area contributed by atoms with E-state index in [1.54, 1.807) is 12.4 Å². The lowest BCUT2D eigenvalue weighted by Crippen LogP contribution is -2.42. The van der Waals surface area contributed by atoms with Crippen molar-refractivity contribution in [3.05, 3.63) is 83.9 Å². The summed E-state index contributed by atoms with van der Waals surface area (Å²) in [4.78, 5) is 27.0. The SMILES string of the molecule is Cc1cccnc1Nc1ccc(C2CN(C(=O)CCc3c[nH]c4ccccc34)CCO2)nc1. The van der Waals surface area contributed by atoms with Crippen molar-refractivity contribution >= 4 is 28.3 Å². The molecule has 1 atom stereocenters. The molecule has 2 N–H and O–H groups in total. The fourth-order valence-corrected chi connectivity index (χ4v) is 4.22. The predicted octanol–water partition coefficient (Wildman–Crippen LogP) is 4.54. The highest BCUT2D eigenvalue weighted by molar-refractivity contribution is 5.84. The molecular formula is C26H27N5O2. The van der Waals surface area contributed by atoms with E-state index in [0.29, 0.717) is 26.1 Å². The van der Waals surface area contributed by atoms with E-state index in [-0.39, 0.29) is 12.0 Å². The van der Waals surface area contributed by atoms with Crippen LogP contribution in [0.4, 0.5) is 11.5 Å². The molecule has 4 aromatic rings. The summed E-state index contributed by atoms with van der Waals surface area (Å²) in [5, 5.41) is 4.47. The molecule has 1 unspecified atom stereocenters. The molecule has 1 aromatic carbocycles. The summed E-state index contributed by atoms with van der Waals surface area (Å²) in [7, 11) is 0. The Labute approximate surface area is 192 Å². The van der Waals surface area contributed by atoms with Gasteiger partial charge in [-0.1, -0.05) is 24.3 Å². The van der Waals surface area contributed by atoms with Crippen molar-refractivity contribution in [2.45, 2.75) is 25.9 Å². The quantitative estimate of drug-likeness (QED) is 0.459. The second-order valence-electron chi connectivity index (χ2n) is 8.32. The van der Waals surface area contributed by atoms with E-state index >= 15 is 0 Å². The van der Waals surface area contributed by atoms with Crippen molar-refractivity contribution in [2.24, 2.45) is 0 Å². The van der Waals surface area contributed by atoms with Crippen LogP contribution in [-0.2, 0) is 16.0 Å². The Hall–Kier alpha value is -3.71. The minimum absolute atomic E-state index is 0.150. The molecule has 7 heteroatoms. The molecule has 3 aromatic heterocycles. The second kappa shape index (κ2) is 9.42. The Morgan fingerprint density at radius 1 is 1.18 bits per heavy atom. The van der Waals surface area contributed by atoms with Gasteiger partial charge in [-0.3, -0.25) is 9.78 Å². The number of pyridine rings is 2. The third-order valence-corrected chi connectivity index (χ3v) is 6.09. The Morgan fingerprint density at radius 2 is 2.09 bits per heavy atom. The van der Waals surface area contributed by atoms with Gasteiger partial charge in [0.15, 0.2) is 0 Å². The van der Waals surface area contributed by atoms with Gasteiger partial charge in [-0.05, 0) is 48.7 Å². The number of anilines is 2. The zero-order valence-corrected chi connectivity index (χ0v) is 18.6. The Balaban J connectivity index is 1.19. The number of rotatable bonds is 6. The molecule has 4 heterocycles. The summed E-state index contributed by atoms with van der Waals surface area (Å²) in [6.07, 6.45) is 6.53. The van der Waals surface area contributed by atoms with Gasteiger partial charge >= 0.3 is 0 Å². The number of nitrogens with zero attached hydrogens (tertiary/aromatic N) is 3. The van der Waals surface area contributed by atoms with Gasteiger partial charge in [0.25, 0.3) is 0 Å². The number of carbonyl (C=O) groups excluding carboxylic acids is 1. The number of hydrogen-bond donors (Lipinski definition) is 2. The molecule has 168 valence electrons. The molecule has 0 spiro atoms. The monoisotopic (exact) mass is 441 g/mol. The van der Waals surface area contributed by atoms with Gasteiger partial charge in [0.05, 0.1) is 30.7 Å². The minimum atomic E-state index is -0.221. The lowest BCUT2D eigenvalue weighted by atomic mass is 10.1. The van der Waals surface area contributed by atoms with Crippen LogP contribution in [0.5, 0.6) is 0 Å². The minimum Gasteiger partial charge on any atom is -0.368 e. The first-order valence-electron chi connectivity index (χ1n) is 11.3. The van der Waals surface area contributed by atoms with Gasteiger partial charge in [-0.2, -0.15) is 0 Å². The number of carbonyl (C=O) groups is 1. The molecule has 5 rings (SSSR count). The molecule has 0 bridgehead atoms. The Kier molecular flexibility index (Phi) is 6.04. The van der Waals surface area contributed by atoms with Gasteiger partial charge in [-0.25, -0.2) is 4.98 Å². The topological polar surface area (TPSA) is 83.1 Å². The van der Waals surface area contributed by atoms with Crippen LogP contribution in [0.2, 0.25) is 0 Å². The van der Waals surface area contributed by atoms with Crippen molar-refractivity contribution in [1.29, 1.82) is 0 Å². The molecule has 0 saturated carbocycles. The maximum atomic E-state index is 12.9. The van der Waals surface area contributed by atoms with Gasteiger partial charge in [0.2, 0.25) is 5.91 Å². The zero-order valence-electron chi connectivity index (χ0n) is 18.6. The van der Waals surface area contributed by atoms with Crippen LogP contribution in [0.15, 0.2) is 67.1 Å². The van der Waals surface area contributed by atoms with Crippen LogP contribution in [0.25, 0.3) is 10.9 Å². The summed E-state index contributed by atoms with van der Waals surface area (Å²) in [5.74, 6) is 0.963. The number of para-hydroxylation sites is 1. The normalized spacial score (nSPS) is 16.2. The summed E-state index contributed by atoms with van der Waals surface area (Å²) in [6, 6.07) is 16.0. The van der Waals surface area contributed by atoms with Gasteiger partial charge < -0.3 is 19.9 Å². The highest BCUT2D eigenvalue weighted by Gasteiger charge is 2.26. The standard InChI is InChI=1S/C26H27N5O2/c1-18-5-4-12-27-26(18)30-20-9-10-23(29-16-20)24-17-31(13-14-33-24)25(32)11-8-19-15-28-22-7-3-2-6-21(19)22/h2-7,9-10,12,15-16,24,28H,8,11,13-14,17H2,1H3,(H,27,30). The van der Waals surface area contributed by atoms with Crippen molar-refractivity contribution in [3.8, 4) is 0 Å². The highest BCUT2D eigenvalue weighted by Crippen LogP contribution is 2.24. The van der Waals surface area contributed by atoms with Crippen LogP contribution in [0, 0.1) is 6.92 Å². The van der Waals surface area contributed by atoms with Crippen LogP contribution < -0.4 is 5.32 Å². The number of benzene rings is 1. The van der Waals surface area contributed by atoms with E-state index in [1.807, 2.05) is 54.4 Å². The number of morpholine rings is 1. The first kappa shape index (κ1) is 21.2. The number of aromatic amines is 1. The van der Waals surface area contributed by atoms with Gasteiger partial charge in [-0.15, -0.1) is 0 Å². The highest BCUT2D eigenvalue weighted by atomic mass is 16.5. The first-order chi connectivity index (χ1) is 16.2. The molecule has 1 aliphatic heterocycles. The lowest BCUT2D eigenvalue weighted by Gasteiger charge is -2.32. The van der Waals surface area contributed by atoms with E-state index in [0.717, 1.165) is 34.7 Å². The van der Waals surface area contributed by atoms with Crippen LogP contribution in [-0.4, -0.2) is 45.5 Å². The molecule has 0 aliphatic carbocycles. The molecule has 33 heavy (non-hydrogen) atoms. The molecular weight excluding hydrogens is 414 g/mol. The van der Waals surface area contributed by atoms with Crippen LogP contribution in [0.1, 0.15) is 29.3 Å². The number of amides is 1. The van der Waals surface area contributed by atoms with E-state index in [9.17, 15) is 4.79 Å². The summed E-state index contributed by atoms with van der Waals surface area (Å²) in [6.45, 7) is 3.66. The number of aryl methyl sites for hydroxylation is 2. The van der Waals surface area contributed by atoms with Crippen molar-refractivity contribution < 1.29 is 9.53 Å². The summed E-state index contributed by atoms with van der Waals surface area (Å²) < 4.78 is 5.94. The lowest BCUT2D eigenvalue weighted by molar-refractivity contribution is -0.139. The van der Waals surface area contributed by atoms with E-state index in [1.165, 1.54) is 10.9 Å². The molecule has 1 amide bonds. The molecule has 0 radical (unpaired) electrons. The van der Waals surface area contributed by atoms with E-state index in [2.05, 4.69) is 32.4 Å². The Morgan fingerprint density at radius 3 is 2.94 bits per heavy atom. The van der Waals surface area contributed by atoms with E-state index < -0.39 is 0 Å². The van der Waals surface area contributed by atoms with Crippen LogP contribution in [0.3, 0.4) is 0 Å². The first-order valence-corrected chi connectivity index (χ1v) is 11.3. The molecule has 1 fully saturated rings. The fourth-order valence-electron chi connectivity index (χ4n) is 4.22. The number of aromatic nitrogens is 3. The second-order valence-corrected chi connectivity index (χ2v) is 8.32. The molecule has 7 nitrogen and oxygen atoms in total. The van der Waals surface area contributed by atoms with Crippen molar-refractivity contribution in [1.82, 2.24) is 19.9 Å². The number of fused-ring (bicyclic) bond motifs is 1. The predicted molar refractivity (Wildman–Crippen MR) is 128 cm³/mol. The van der Waals surface area contributed by atoms with Crippen LogP contribution >= 0.6 is 0 Å². The maximum Gasteiger partial charge on any atom is 0.223 e.